The van der Waals surface area contributed by atoms with Gasteiger partial charge in [0, 0.05) is 5.75 Å². The van der Waals surface area contributed by atoms with E-state index < -0.39 is 5.97 Å². The molecule has 1 heterocycles. The van der Waals surface area contributed by atoms with Gasteiger partial charge in [0.1, 0.15) is 0 Å². The van der Waals surface area contributed by atoms with Crippen LogP contribution in [0, 0.1) is 0 Å². The highest BCUT2D eigenvalue weighted by molar-refractivity contribution is 7.99. The number of carbonyl (C=O) groups is 1. The van der Waals surface area contributed by atoms with Gasteiger partial charge in [0.2, 0.25) is 5.76 Å². The number of furan rings is 1. The van der Waals surface area contributed by atoms with Crippen molar-refractivity contribution in [3.8, 4) is 0 Å². The Balaban J connectivity index is 2.02. The monoisotopic (exact) mass is 270 g/mol. The molecule has 0 fully saturated rings. The van der Waals surface area contributed by atoms with Crippen LogP contribution in [-0.4, -0.2) is 16.8 Å². The van der Waals surface area contributed by atoms with Crippen LogP contribution in [0.15, 0.2) is 21.6 Å². The molecule has 4 heteroatoms. The van der Waals surface area contributed by atoms with Gasteiger partial charge in [0.15, 0.2) is 5.09 Å². The third-order valence-electron chi connectivity index (χ3n) is 2.78. The zero-order valence-corrected chi connectivity index (χ0v) is 11.8. The molecule has 0 bridgehead atoms. The van der Waals surface area contributed by atoms with Gasteiger partial charge in [-0.15, -0.1) is 0 Å². The van der Waals surface area contributed by atoms with Gasteiger partial charge >= 0.3 is 5.97 Å². The molecule has 1 N–H and O–H groups in total. The van der Waals surface area contributed by atoms with Crippen molar-refractivity contribution in [1.29, 1.82) is 0 Å². The van der Waals surface area contributed by atoms with Crippen LogP contribution < -0.4 is 0 Å². The topological polar surface area (TPSA) is 50.4 Å². The number of hydrogen-bond donors (Lipinski definition) is 1. The fourth-order valence-corrected chi connectivity index (χ4v) is 2.61. The summed E-state index contributed by atoms with van der Waals surface area (Å²) >= 11 is 1.60. The lowest BCUT2D eigenvalue weighted by atomic mass is 10.1. The van der Waals surface area contributed by atoms with Crippen molar-refractivity contribution in [2.45, 2.75) is 57.0 Å². The first-order valence-electron chi connectivity index (χ1n) is 6.70. The van der Waals surface area contributed by atoms with E-state index >= 15 is 0 Å². The van der Waals surface area contributed by atoms with Gasteiger partial charge in [-0.1, -0.05) is 57.2 Å². The zero-order valence-electron chi connectivity index (χ0n) is 11.0. The maximum absolute atomic E-state index is 10.6. The lowest BCUT2D eigenvalue weighted by molar-refractivity contribution is 0.0656. The van der Waals surface area contributed by atoms with Crippen LogP contribution in [0.1, 0.15) is 62.4 Å². The first kappa shape index (κ1) is 15.2. The van der Waals surface area contributed by atoms with Gasteiger partial charge < -0.3 is 9.52 Å². The molecule has 0 saturated heterocycles. The first-order valence-corrected chi connectivity index (χ1v) is 7.68. The van der Waals surface area contributed by atoms with Crippen molar-refractivity contribution in [2.75, 3.05) is 5.75 Å². The van der Waals surface area contributed by atoms with Crippen molar-refractivity contribution in [2.24, 2.45) is 0 Å². The third kappa shape index (κ3) is 6.15. The second kappa shape index (κ2) is 9.09. The molecule has 0 atom stereocenters. The zero-order chi connectivity index (χ0) is 13.2. The van der Waals surface area contributed by atoms with E-state index in [0.29, 0.717) is 5.09 Å². The summed E-state index contributed by atoms with van der Waals surface area (Å²) in [6, 6.07) is 3.24. The van der Waals surface area contributed by atoms with Crippen LogP contribution in [-0.2, 0) is 0 Å². The lowest BCUT2D eigenvalue weighted by Gasteiger charge is -2.00. The van der Waals surface area contributed by atoms with Gasteiger partial charge in [0.05, 0.1) is 0 Å². The number of carboxylic acids is 1. The lowest BCUT2D eigenvalue weighted by Crippen LogP contribution is -1.91. The van der Waals surface area contributed by atoms with E-state index in [-0.39, 0.29) is 5.76 Å². The second-order valence-corrected chi connectivity index (χ2v) is 5.49. The molecule has 0 aromatic carbocycles. The summed E-state index contributed by atoms with van der Waals surface area (Å²) in [5, 5.41) is 9.41. The van der Waals surface area contributed by atoms with E-state index in [1.807, 2.05) is 0 Å². The average molecular weight is 270 g/mol. The Morgan fingerprint density at radius 2 is 1.83 bits per heavy atom. The normalized spacial score (nSPS) is 10.7. The molecule has 0 aliphatic rings. The molecule has 102 valence electrons. The van der Waals surface area contributed by atoms with Gasteiger partial charge in [-0.25, -0.2) is 4.79 Å². The van der Waals surface area contributed by atoms with Crippen molar-refractivity contribution >= 4 is 17.7 Å². The molecule has 0 amide bonds. The maximum Gasteiger partial charge on any atom is 0.371 e. The minimum Gasteiger partial charge on any atom is -0.475 e. The molecular formula is C14H22O3S. The molecule has 3 nitrogen and oxygen atoms in total. The standard InChI is InChI=1S/C14H22O3S/c1-2-3-4-5-6-7-8-11-18-13-10-9-12(17-13)14(15)16/h9-10H,2-8,11H2,1H3,(H,15,16). The molecule has 0 saturated carbocycles. The van der Waals surface area contributed by atoms with Crippen LogP contribution in [0.4, 0.5) is 0 Å². The van der Waals surface area contributed by atoms with E-state index in [1.54, 1.807) is 17.8 Å². The number of aromatic carboxylic acids is 1. The van der Waals surface area contributed by atoms with Crippen molar-refractivity contribution in [1.82, 2.24) is 0 Å². The number of carboxylic acid groups (broad SMARTS) is 1. The third-order valence-corrected chi connectivity index (χ3v) is 3.78. The van der Waals surface area contributed by atoms with Crippen molar-refractivity contribution in [3.05, 3.63) is 17.9 Å². The van der Waals surface area contributed by atoms with Crippen LogP contribution in [0.5, 0.6) is 0 Å². The summed E-state index contributed by atoms with van der Waals surface area (Å²) in [4.78, 5) is 10.6. The Hall–Kier alpha value is -0.900. The van der Waals surface area contributed by atoms with Gasteiger partial charge in [-0.05, 0) is 18.6 Å². The fourth-order valence-electron chi connectivity index (χ4n) is 1.74. The molecule has 1 rings (SSSR count). The van der Waals surface area contributed by atoms with Gasteiger partial charge in [0.25, 0.3) is 0 Å². The molecule has 1 aromatic heterocycles. The molecular weight excluding hydrogens is 248 g/mol. The van der Waals surface area contributed by atoms with E-state index in [4.69, 9.17) is 9.52 Å². The highest BCUT2D eigenvalue weighted by Crippen LogP contribution is 2.22. The van der Waals surface area contributed by atoms with E-state index in [9.17, 15) is 4.79 Å². The molecule has 0 spiro atoms. The predicted molar refractivity (Wildman–Crippen MR) is 74.4 cm³/mol. The summed E-state index contributed by atoms with van der Waals surface area (Å²) in [5.41, 5.74) is 0. The average Bonchev–Trinajstić information content (AvgIpc) is 2.81. The van der Waals surface area contributed by atoms with Crippen molar-refractivity contribution in [3.63, 3.8) is 0 Å². The maximum atomic E-state index is 10.6. The Morgan fingerprint density at radius 1 is 1.17 bits per heavy atom. The second-order valence-electron chi connectivity index (χ2n) is 4.39. The van der Waals surface area contributed by atoms with Gasteiger partial charge in [-0.2, -0.15) is 0 Å². The summed E-state index contributed by atoms with van der Waals surface area (Å²) in [7, 11) is 0. The minimum atomic E-state index is -1.00. The predicted octanol–water partition coefficient (Wildman–Crippen LogP) is 4.82. The SMILES string of the molecule is CCCCCCCCCSc1ccc(C(=O)O)o1. The number of hydrogen-bond acceptors (Lipinski definition) is 3. The Morgan fingerprint density at radius 3 is 2.44 bits per heavy atom. The fraction of sp³-hybridized carbons (Fsp3) is 0.643. The Labute approximate surface area is 113 Å². The quantitative estimate of drug-likeness (QED) is 0.489. The van der Waals surface area contributed by atoms with E-state index in [0.717, 1.165) is 5.75 Å². The first-order chi connectivity index (χ1) is 8.74. The number of unbranched alkanes of at least 4 members (excludes halogenated alkanes) is 6. The number of rotatable bonds is 10. The van der Waals surface area contributed by atoms with Crippen LogP contribution >= 0.6 is 11.8 Å². The Bertz CT molecular complexity index is 347. The van der Waals surface area contributed by atoms with Crippen LogP contribution in [0.2, 0.25) is 0 Å². The summed E-state index contributed by atoms with van der Waals surface area (Å²) in [6.07, 6.45) is 9.05. The molecule has 0 radical (unpaired) electrons. The molecule has 0 unspecified atom stereocenters. The summed E-state index contributed by atoms with van der Waals surface area (Å²) < 4.78 is 5.17. The van der Waals surface area contributed by atoms with Crippen LogP contribution in [0.3, 0.4) is 0 Å². The smallest absolute Gasteiger partial charge is 0.371 e. The summed E-state index contributed by atoms with van der Waals surface area (Å²) in [6.45, 7) is 2.23. The molecule has 0 aliphatic carbocycles. The molecule has 1 aromatic rings. The Kier molecular flexibility index (Phi) is 7.65. The summed E-state index contributed by atoms with van der Waals surface area (Å²) in [5.74, 6) is 0.0233. The largest absolute Gasteiger partial charge is 0.475 e. The highest BCUT2D eigenvalue weighted by Gasteiger charge is 2.08. The minimum absolute atomic E-state index is 0.0251. The van der Waals surface area contributed by atoms with E-state index in [2.05, 4.69) is 6.92 Å². The van der Waals surface area contributed by atoms with Crippen LogP contribution in [0.25, 0.3) is 0 Å². The van der Waals surface area contributed by atoms with E-state index in [1.165, 1.54) is 51.0 Å². The highest BCUT2D eigenvalue weighted by atomic mass is 32.2. The number of thioether (sulfide) groups is 1. The molecule has 0 aliphatic heterocycles. The molecule has 18 heavy (non-hydrogen) atoms. The van der Waals surface area contributed by atoms with Gasteiger partial charge in [-0.3, -0.25) is 0 Å². The van der Waals surface area contributed by atoms with Crippen molar-refractivity contribution < 1.29 is 14.3 Å².